The first-order valence-corrected chi connectivity index (χ1v) is 17.2. The first kappa shape index (κ1) is 29.1. The van der Waals surface area contributed by atoms with Crippen LogP contribution in [0.3, 0.4) is 0 Å². The summed E-state index contributed by atoms with van der Waals surface area (Å²) in [5.74, 6) is 0.798. The van der Waals surface area contributed by atoms with Crippen LogP contribution in [0.4, 0.5) is 5.69 Å². The van der Waals surface area contributed by atoms with Crippen molar-refractivity contribution in [1.82, 2.24) is 9.13 Å². The normalized spacial score (nSPS) is 14.0. The Bertz CT molecular complexity index is 2910. The summed E-state index contributed by atoms with van der Waals surface area (Å²) in [4.78, 5) is 5.26. The predicted octanol–water partition coefficient (Wildman–Crippen LogP) is 11.0. The molecule has 1 aliphatic rings. The Kier molecular flexibility index (Phi) is 6.46. The molecule has 9 aromatic rings. The van der Waals surface area contributed by atoms with Crippen LogP contribution >= 0.6 is 0 Å². The minimum absolute atomic E-state index is 0.333. The molecule has 1 unspecified atom stereocenters. The lowest BCUT2D eigenvalue weighted by molar-refractivity contribution is 0.849. The Morgan fingerprint density at radius 1 is 0.608 bits per heavy atom. The van der Waals surface area contributed by atoms with Crippen molar-refractivity contribution in [3.63, 3.8) is 0 Å². The second kappa shape index (κ2) is 11.3. The quantitative estimate of drug-likeness (QED) is 0.205. The summed E-state index contributed by atoms with van der Waals surface area (Å²) in [5, 5.41) is 18.6. The summed E-state index contributed by atoms with van der Waals surface area (Å²) in [7, 11) is 0. The number of amidine groups is 1. The molecule has 0 aliphatic carbocycles. The first-order valence-electron chi connectivity index (χ1n) is 17.2. The lowest BCUT2D eigenvalue weighted by atomic mass is 9.89. The molecule has 2 aromatic heterocycles. The number of aromatic nitrogens is 2. The fourth-order valence-electron chi connectivity index (χ4n) is 8.13. The molecular weight excluding hydrogens is 623 g/mol. The second-order valence-corrected chi connectivity index (χ2v) is 13.2. The lowest BCUT2D eigenvalue weighted by Crippen LogP contribution is -2.23. The number of para-hydroxylation sites is 3. The highest BCUT2D eigenvalue weighted by Gasteiger charge is 2.28. The summed E-state index contributed by atoms with van der Waals surface area (Å²) in [6.07, 6.45) is 0. The molecule has 10 rings (SSSR count). The molecule has 51 heavy (non-hydrogen) atoms. The smallest absolute Gasteiger partial charge is 0.133 e. The fraction of sp³-hybridized carbons (Fsp3) is 0.0435. The van der Waals surface area contributed by atoms with Gasteiger partial charge in [0, 0.05) is 49.7 Å². The van der Waals surface area contributed by atoms with Gasteiger partial charge in [-0.2, -0.15) is 5.26 Å². The maximum Gasteiger partial charge on any atom is 0.133 e. The van der Waals surface area contributed by atoms with Crippen LogP contribution in [0.2, 0.25) is 0 Å². The van der Waals surface area contributed by atoms with Crippen LogP contribution in [0.5, 0.6) is 0 Å². The van der Waals surface area contributed by atoms with E-state index in [-0.39, 0.29) is 6.04 Å². The summed E-state index contributed by atoms with van der Waals surface area (Å²) in [6.45, 7) is 2.16. The molecule has 1 aliphatic heterocycles. The maximum atomic E-state index is 10.2. The van der Waals surface area contributed by atoms with Gasteiger partial charge in [0.05, 0.1) is 33.7 Å². The van der Waals surface area contributed by atoms with Crippen LogP contribution in [0.15, 0.2) is 163 Å². The Hall–Kier alpha value is -6.90. The average Bonchev–Trinajstić information content (AvgIpc) is 3.71. The number of nitrogens with one attached hydrogen (secondary N) is 1. The molecule has 0 radical (unpaired) electrons. The Balaban J connectivity index is 1.21. The molecule has 0 amide bonds. The van der Waals surface area contributed by atoms with Gasteiger partial charge in [0.1, 0.15) is 11.9 Å². The summed E-state index contributed by atoms with van der Waals surface area (Å²) >= 11 is 0. The molecule has 0 spiro atoms. The number of aliphatic imine (C=N–C) groups is 1. The molecule has 5 heteroatoms. The van der Waals surface area contributed by atoms with Gasteiger partial charge in [-0.15, -0.1) is 0 Å². The Morgan fingerprint density at radius 2 is 1.31 bits per heavy atom. The first-order chi connectivity index (χ1) is 25.2. The van der Waals surface area contributed by atoms with Gasteiger partial charge in [-0.25, -0.2) is 0 Å². The molecule has 0 bridgehead atoms. The standard InChI is InChI=1S/C46H31N5/c1-29-27-33(23-24-34(29)44-42-31(28-47)15-12-20-38(42)48-46(49-44)30-13-4-2-5-14-30)50-40-22-11-9-19-37(40)43-41(50)26-25-36-35-18-8-10-21-39(35)51(45(36)43)32-16-6-3-7-17-32/h2-27,44H,1H3,(H,48,49). The molecule has 3 heterocycles. The van der Waals surface area contributed by atoms with Crippen LogP contribution in [-0.2, 0) is 0 Å². The molecule has 7 aromatic carbocycles. The van der Waals surface area contributed by atoms with Crippen molar-refractivity contribution in [3.8, 4) is 17.4 Å². The zero-order chi connectivity index (χ0) is 34.1. The van der Waals surface area contributed by atoms with Gasteiger partial charge < -0.3 is 14.5 Å². The number of nitriles is 1. The highest BCUT2D eigenvalue weighted by molar-refractivity contribution is 6.26. The van der Waals surface area contributed by atoms with Crippen molar-refractivity contribution in [2.45, 2.75) is 13.0 Å². The van der Waals surface area contributed by atoms with E-state index in [1.165, 1.54) is 32.6 Å². The molecule has 1 atom stereocenters. The third kappa shape index (κ3) is 4.37. The maximum absolute atomic E-state index is 10.2. The highest BCUT2D eigenvalue weighted by Crippen LogP contribution is 2.43. The molecule has 0 saturated carbocycles. The van der Waals surface area contributed by atoms with Crippen molar-refractivity contribution >= 4 is 55.1 Å². The van der Waals surface area contributed by atoms with Crippen molar-refractivity contribution in [3.05, 3.63) is 186 Å². The fourth-order valence-corrected chi connectivity index (χ4v) is 8.13. The van der Waals surface area contributed by atoms with Crippen LogP contribution in [0.1, 0.15) is 33.9 Å². The van der Waals surface area contributed by atoms with E-state index in [4.69, 9.17) is 4.99 Å². The van der Waals surface area contributed by atoms with E-state index < -0.39 is 0 Å². The van der Waals surface area contributed by atoms with Crippen molar-refractivity contribution in [2.75, 3.05) is 5.32 Å². The van der Waals surface area contributed by atoms with Gasteiger partial charge in [-0.05, 0) is 72.6 Å². The monoisotopic (exact) mass is 653 g/mol. The number of hydrogen-bond acceptors (Lipinski definition) is 3. The number of anilines is 1. The summed E-state index contributed by atoms with van der Waals surface area (Å²) < 4.78 is 4.81. The van der Waals surface area contributed by atoms with Crippen LogP contribution in [-0.4, -0.2) is 15.0 Å². The molecule has 240 valence electrons. The number of rotatable bonds is 4. The number of aryl methyl sites for hydroxylation is 1. The Morgan fingerprint density at radius 3 is 2.08 bits per heavy atom. The second-order valence-electron chi connectivity index (χ2n) is 13.2. The van der Waals surface area contributed by atoms with Gasteiger partial charge in [-0.1, -0.05) is 103 Å². The predicted molar refractivity (Wildman–Crippen MR) is 209 cm³/mol. The van der Waals surface area contributed by atoms with E-state index in [0.717, 1.165) is 56.2 Å². The lowest BCUT2D eigenvalue weighted by Gasteiger charge is -2.28. The molecule has 1 N–H and O–H groups in total. The van der Waals surface area contributed by atoms with E-state index in [1.54, 1.807) is 0 Å². The topological polar surface area (TPSA) is 58.0 Å². The molecule has 0 fully saturated rings. The highest BCUT2D eigenvalue weighted by atomic mass is 15.1. The summed E-state index contributed by atoms with van der Waals surface area (Å²) in [5.41, 5.74) is 12.6. The van der Waals surface area contributed by atoms with E-state index in [2.05, 4.69) is 149 Å². The minimum atomic E-state index is -0.333. The third-order valence-electron chi connectivity index (χ3n) is 10.3. The van der Waals surface area contributed by atoms with Crippen LogP contribution < -0.4 is 5.32 Å². The van der Waals surface area contributed by atoms with Gasteiger partial charge in [0.2, 0.25) is 0 Å². The number of nitrogens with zero attached hydrogens (tertiary/aromatic N) is 4. The summed E-state index contributed by atoms with van der Waals surface area (Å²) in [6, 6.07) is 57.5. The van der Waals surface area contributed by atoms with Crippen molar-refractivity contribution < 1.29 is 0 Å². The molecule has 5 nitrogen and oxygen atoms in total. The van der Waals surface area contributed by atoms with E-state index in [1.807, 2.05) is 36.4 Å². The SMILES string of the molecule is Cc1cc(-n2c3ccccc3c3c2ccc2c4ccccc4n(-c4ccccc4)c23)ccc1C1N=C(c2ccccc2)Nc2cccc(C#N)c21. The van der Waals surface area contributed by atoms with Gasteiger partial charge in [0.25, 0.3) is 0 Å². The largest absolute Gasteiger partial charge is 0.340 e. The van der Waals surface area contributed by atoms with Gasteiger partial charge in [0.15, 0.2) is 0 Å². The average molecular weight is 654 g/mol. The Labute approximate surface area is 295 Å². The van der Waals surface area contributed by atoms with Crippen molar-refractivity contribution in [2.24, 2.45) is 4.99 Å². The third-order valence-corrected chi connectivity index (χ3v) is 10.3. The van der Waals surface area contributed by atoms with Gasteiger partial charge in [-0.3, -0.25) is 4.99 Å². The van der Waals surface area contributed by atoms with Crippen LogP contribution in [0.25, 0.3) is 55.0 Å². The minimum Gasteiger partial charge on any atom is -0.340 e. The van der Waals surface area contributed by atoms with Crippen LogP contribution in [0, 0.1) is 18.3 Å². The number of hydrogen-bond donors (Lipinski definition) is 1. The van der Waals surface area contributed by atoms with E-state index in [9.17, 15) is 5.26 Å². The van der Waals surface area contributed by atoms with Crippen molar-refractivity contribution in [1.29, 1.82) is 5.26 Å². The number of benzene rings is 7. The molecular formula is C46H31N5. The molecule has 0 saturated heterocycles. The van der Waals surface area contributed by atoms with Gasteiger partial charge >= 0.3 is 0 Å². The van der Waals surface area contributed by atoms with E-state index >= 15 is 0 Å². The van der Waals surface area contributed by atoms with E-state index in [0.29, 0.717) is 5.56 Å². The number of fused-ring (bicyclic) bond motifs is 8. The zero-order valence-corrected chi connectivity index (χ0v) is 27.9. The zero-order valence-electron chi connectivity index (χ0n) is 27.9.